The minimum absolute atomic E-state index is 0.255. The first-order valence-electron chi connectivity index (χ1n) is 6.85. The Labute approximate surface area is 143 Å². The average molecular weight is 348 g/mol. The molecule has 0 unspecified atom stereocenters. The molecule has 0 aliphatic carbocycles. The number of hydrogen-bond acceptors (Lipinski definition) is 3. The number of rotatable bonds is 3. The fraction of sp³-hybridized carbons (Fsp3) is 0.0588. The second kappa shape index (κ2) is 6.52. The van der Waals surface area contributed by atoms with E-state index < -0.39 is 0 Å². The molecule has 1 heterocycles. The van der Waals surface area contributed by atoms with Crippen molar-refractivity contribution in [1.82, 2.24) is 9.97 Å². The second-order valence-corrected chi connectivity index (χ2v) is 5.81. The fourth-order valence-corrected chi connectivity index (χ4v) is 2.46. The van der Waals surface area contributed by atoms with Crippen molar-refractivity contribution in [2.24, 2.45) is 0 Å². The van der Waals surface area contributed by atoms with Crippen LogP contribution in [0.15, 0.2) is 48.5 Å². The van der Waals surface area contributed by atoms with Crippen molar-refractivity contribution in [2.75, 3.05) is 5.32 Å². The molecule has 3 nitrogen and oxygen atoms in total. The van der Waals surface area contributed by atoms with Crippen LogP contribution >= 0.6 is 23.2 Å². The van der Waals surface area contributed by atoms with Crippen molar-refractivity contribution in [3.05, 3.63) is 70.1 Å². The highest BCUT2D eigenvalue weighted by Gasteiger charge is 2.09. The molecule has 0 spiro atoms. The molecule has 0 atom stereocenters. The van der Waals surface area contributed by atoms with Crippen molar-refractivity contribution in [1.29, 1.82) is 0 Å². The summed E-state index contributed by atoms with van der Waals surface area (Å²) in [5, 5.41) is 3.94. The molecule has 0 aliphatic heterocycles. The van der Waals surface area contributed by atoms with Crippen LogP contribution in [0.5, 0.6) is 0 Å². The van der Waals surface area contributed by atoms with Gasteiger partial charge >= 0.3 is 0 Å². The van der Waals surface area contributed by atoms with Gasteiger partial charge in [-0.1, -0.05) is 41.4 Å². The molecular formula is C17H12Cl2FN3. The first-order chi connectivity index (χ1) is 11.0. The standard InChI is InChI=1S/C17H12Cl2FN3/c1-10-5-6-13(18)14(7-10)21-16-9-15(19)22-17(23-16)11-3-2-4-12(20)8-11/h2-9H,1H3,(H,21,22,23). The molecular weight excluding hydrogens is 336 g/mol. The number of benzene rings is 2. The van der Waals surface area contributed by atoms with E-state index in [1.165, 1.54) is 12.1 Å². The zero-order valence-electron chi connectivity index (χ0n) is 12.1. The van der Waals surface area contributed by atoms with Crippen LogP contribution in [-0.4, -0.2) is 9.97 Å². The second-order valence-electron chi connectivity index (χ2n) is 5.02. The number of aromatic nitrogens is 2. The van der Waals surface area contributed by atoms with Crippen molar-refractivity contribution < 1.29 is 4.39 Å². The SMILES string of the molecule is Cc1ccc(Cl)c(Nc2cc(Cl)nc(-c3cccc(F)c3)n2)c1. The highest BCUT2D eigenvalue weighted by atomic mass is 35.5. The molecule has 116 valence electrons. The van der Waals surface area contributed by atoms with E-state index in [1.807, 2.05) is 19.1 Å². The lowest BCUT2D eigenvalue weighted by molar-refractivity contribution is 0.628. The van der Waals surface area contributed by atoms with Gasteiger partial charge in [0.05, 0.1) is 10.7 Å². The Morgan fingerprint density at radius 2 is 1.83 bits per heavy atom. The Bertz CT molecular complexity index is 868. The third-order valence-corrected chi connectivity index (χ3v) is 3.69. The molecule has 3 aromatic rings. The van der Waals surface area contributed by atoms with Gasteiger partial charge in [-0.15, -0.1) is 0 Å². The van der Waals surface area contributed by atoms with Crippen molar-refractivity contribution in [2.45, 2.75) is 6.92 Å². The summed E-state index contributed by atoms with van der Waals surface area (Å²) in [4.78, 5) is 8.52. The zero-order valence-corrected chi connectivity index (χ0v) is 13.7. The molecule has 23 heavy (non-hydrogen) atoms. The third kappa shape index (κ3) is 3.78. The fourth-order valence-electron chi connectivity index (χ4n) is 2.11. The predicted octanol–water partition coefficient (Wildman–Crippen LogP) is 5.64. The van der Waals surface area contributed by atoms with E-state index in [1.54, 1.807) is 24.3 Å². The number of halogens is 3. The summed E-state index contributed by atoms with van der Waals surface area (Å²) >= 11 is 12.2. The molecule has 0 saturated heterocycles. The lowest BCUT2D eigenvalue weighted by Crippen LogP contribution is -1.99. The maximum Gasteiger partial charge on any atom is 0.163 e. The zero-order chi connectivity index (χ0) is 16.4. The van der Waals surface area contributed by atoms with Gasteiger partial charge in [0.15, 0.2) is 5.82 Å². The molecule has 0 fully saturated rings. The minimum atomic E-state index is -0.359. The molecule has 6 heteroatoms. The van der Waals surface area contributed by atoms with E-state index in [2.05, 4.69) is 15.3 Å². The van der Waals surface area contributed by atoms with Gasteiger partial charge in [-0.3, -0.25) is 0 Å². The molecule has 1 N–H and O–H groups in total. The lowest BCUT2D eigenvalue weighted by atomic mass is 10.2. The molecule has 1 aromatic heterocycles. The van der Waals surface area contributed by atoms with E-state index in [0.29, 0.717) is 27.9 Å². The van der Waals surface area contributed by atoms with Gasteiger partial charge in [0.2, 0.25) is 0 Å². The van der Waals surface area contributed by atoms with Gasteiger partial charge in [-0.25, -0.2) is 14.4 Å². The van der Waals surface area contributed by atoms with Crippen LogP contribution in [0.1, 0.15) is 5.56 Å². The average Bonchev–Trinajstić information content (AvgIpc) is 2.50. The Morgan fingerprint density at radius 3 is 2.61 bits per heavy atom. The summed E-state index contributed by atoms with van der Waals surface area (Å²) in [5.41, 5.74) is 2.32. The number of nitrogens with one attached hydrogen (secondary N) is 1. The predicted molar refractivity (Wildman–Crippen MR) is 91.9 cm³/mol. The highest BCUT2D eigenvalue weighted by molar-refractivity contribution is 6.33. The smallest absolute Gasteiger partial charge is 0.163 e. The number of nitrogens with zero attached hydrogens (tertiary/aromatic N) is 2. The molecule has 0 amide bonds. The summed E-state index contributed by atoms with van der Waals surface area (Å²) in [7, 11) is 0. The van der Waals surface area contributed by atoms with Gasteiger partial charge in [0, 0.05) is 11.6 Å². The van der Waals surface area contributed by atoms with Crippen molar-refractivity contribution in [3.8, 4) is 11.4 Å². The van der Waals surface area contributed by atoms with E-state index in [-0.39, 0.29) is 11.0 Å². The summed E-state index contributed by atoms with van der Waals surface area (Å²) in [6.45, 7) is 1.96. The quantitative estimate of drug-likeness (QED) is 0.622. The third-order valence-electron chi connectivity index (χ3n) is 3.16. The summed E-state index contributed by atoms with van der Waals surface area (Å²) in [6.07, 6.45) is 0. The topological polar surface area (TPSA) is 37.8 Å². The maximum atomic E-state index is 13.4. The first kappa shape index (κ1) is 15.7. The van der Waals surface area contributed by atoms with Crippen LogP contribution in [0.4, 0.5) is 15.9 Å². The van der Waals surface area contributed by atoms with E-state index >= 15 is 0 Å². The normalized spacial score (nSPS) is 10.6. The first-order valence-corrected chi connectivity index (χ1v) is 7.60. The Kier molecular flexibility index (Phi) is 4.46. The number of hydrogen-bond donors (Lipinski definition) is 1. The Balaban J connectivity index is 1.99. The van der Waals surface area contributed by atoms with Gasteiger partial charge in [-0.05, 0) is 36.8 Å². The highest BCUT2D eigenvalue weighted by Crippen LogP contribution is 2.28. The van der Waals surface area contributed by atoms with Gasteiger partial charge in [0.25, 0.3) is 0 Å². The molecule has 2 aromatic carbocycles. The minimum Gasteiger partial charge on any atom is -0.339 e. The van der Waals surface area contributed by atoms with Crippen LogP contribution in [-0.2, 0) is 0 Å². The van der Waals surface area contributed by atoms with E-state index in [4.69, 9.17) is 23.2 Å². The molecule has 0 aliphatic rings. The van der Waals surface area contributed by atoms with Crippen LogP contribution < -0.4 is 5.32 Å². The monoisotopic (exact) mass is 347 g/mol. The van der Waals surface area contributed by atoms with Gasteiger partial charge < -0.3 is 5.32 Å². The molecule has 0 bridgehead atoms. The van der Waals surface area contributed by atoms with Crippen molar-refractivity contribution in [3.63, 3.8) is 0 Å². The van der Waals surface area contributed by atoms with Crippen LogP contribution in [0.3, 0.4) is 0 Å². The summed E-state index contributed by atoms with van der Waals surface area (Å²) < 4.78 is 13.4. The van der Waals surface area contributed by atoms with Crippen molar-refractivity contribution >= 4 is 34.7 Å². The van der Waals surface area contributed by atoms with Crippen LogP contribution in [0.2, 0.25) is 10.2 Å². The van der Waals surface area contributed by atoms with E-state index in [0.717, 1.165) is 5.56 Å². The van der Waals surface area contributed by atoms with Crippen LogP contribution in [0, 0.1) is 12.7 Å². The lowest BCUT2D eigenvalue weighted by Gasteiger charge is -2.10. The van der Waals surface area contributed by atoms with E-state index in [9.17, 15) is 4.39 Å². The van der Waals surface area contributed by atoms with Gasteiger partial charge in [-0.2, -0.15) is 0 Å². The molecule has 0 radical (unpaired) electrons. The Hall–Kier alpha value is -2.17. The molecule has 3 rings (SSSR count). The van der Waals surface area contributed by atoms with Crippen LogP contribution in [0.25, 0.3) is 11.4 Å². The summed E-state index contributed by atoms with van der Waals surface area (Å²) in [6, 6.07) is 13.2. The Morgan fingerprint density at radius 1 is 1.00 bits per heavy atom. The number of aryl methyl sites for hydroxylation is 1. The van der Waals surface area contributed by atoms with Gasteiger partial charge in [0.1, 0.15) is 16.8 Å². The molecule has 0 saturated carbocycles. The number of anilines is 2. The largest absolute Gasteiger partial charge is 0.339 e. The summed E-state index contributed by atoms with van der Waals surface area (Å²) in [5.74, 6) is 0.461. The maximum absolute atomic E-state index is 13.4.